The third-order valence-corrected chi connectivity index (χ3v) is 26.8. The molecule has 145 heavy (non-hydrogen) atoms. The first kappa shape index (κ1) is 112. The van der Waals surface area contributed by atoms with E-state index < -0.39 is 23.4 Å². The Hall–Kier alpha value is -13.1. The fourth-order valence-corrected chi connectivity index (χ4v) is 19.1. The Morgan fingerprint density at radius 3 is 1.01 bits per heavy atom. The van der Waals surface area contributed by atoms with Crippen LogP contribution in [0.15, 0.2) is 187 Å². The molecule has 0 amide bonds. The molecule has 10 aromatic rings. The minimum Gasteiger partial charge on any atom is -0.497 e. The van der Waals surface area contributed by atoms with Gasteiger partial charge in [0.15, 0.2) is 0 Å². The van der Waals surface area contributed by atoms with Gasteiger partial charge < -0.3 is 86.7 Å². The summed E-state index contributed by atoms with van der Waals surface area (Å²) in [7, 11) is 1.61. The highest BCUT2D eigenvalue weighted by Crippen LogP contribution is 2.41. The van der Waals surface area contributed by atoms with Crippen molar-refractivity contribution >= 4 is 103 Å². The van der Waals surface area contributed by atoms with Gasteiger partial charge in [-0.05, 0) is 302 Å². The van der Waals surface area contributed by atoms with E-state index in [9.17, 15) is 46.6 Å². The zero-order valence-corrected chi connectivity index (χ0v) is 86.8. The first-order chi connectivity index (χ1) is 70.2. The quantitative estimate of drug-likeness (QED) is 0.00979. The number of nitrogens with zero attached hydrogens (tertiary/aromatic N) is 3. The lowest BCUT2D eigenvalue weighted by Gasteiger charge is -2.37. The van der Waals surface area contributed by atoms with Crippen molar-refractivity contribution in [1.82, 2.24) is 9.97 Å². The molecule has 0 saturated heterocycles. The molecular weight excluding hydrogens is 1910 g/mol. The average Bonchev–Trinajstić information content (AvgIpc) is 0.837. The Morgan fingerprint density at radius 2 is 0.697 bits per heavy atom. The van der Waals surface area contributed by atoms with E-state index in [1.165, 1.54) is 126 Å². The lowest BCUT2D eigenvalue weighted by atomic mass is 9.71. The molecule has 5 fully saturated rings. The molecule has 15 rings (SSSR count). The molecule has 0 unspecified atom stereocenters. The maximum Gasteiger partial charge on any atom is 0.338 e. The van der Waals surface area contributed by atoms with Crippen LogP contribution in [0.1, 0.15) is 300 Å². The number of aliphatic hydroxyl groups excluding tert-OH is 1. The Bertz CT molecular complexity index is 5660. The second-order valence-electron chi connectivity index (χ2n) is 38.2. The number of benzene rings is 9. The number of aromatic nitrogens is 2. The summed E-state index contributed by atoms with van der Waals surface area (Å²) in [5.74, 6) is -2.30. The minimum atomic E-state index is -0.613. The Labute approximate surface area is 860 Å². The van der Waals surface area contributed by atoms with Crippen LogP contribution in [0.25, 0.3) is 0 Å². The van der Waals surface area contributed by atoms with Gasteiger partial charge in [-0.1, -0.05) is 126 Å². The average molecular weight is 2060 g/mol. The number of anilines is 10. The Balaban J connectivity index is 0.000000173. The van der Waals surface area contributed by atoms with Gasteiger partial charge in [0, 0.05) is 73.1 Å². The fraction of sp³-hybridized carbons (Fsp3) is 0.443. The van der Waals surface area contributed by atoms with Crippen molar-refractivity contribution in [2.75, 3.05) is 93.3 Å². The summed E-state index contributed by atoms with van der Waals surface area (Å²) >= 11 is 3.33. The Kier molecular flexibility index (Phi) is 45.4. The molecule has 776 valence electrons. The van der Waals surface area contributed by atoms with Crippen LogP contribution in [-0.4, -0.2) is 115 Å². The summed E-state index contributed by atoms with van der Waals surface area (Å²) in [6.45, 7) is 19.8. The van der Waals surface area contributed by atoms with Crippen molar-refractivity contribution in [2.45, 2.75) is 279 Å². The monoisotopic (exact) mass is 2050 g/mol. The third kappa shape index (κ3) is 36.8. The van der Waals surface area contributed by atoms with Gasteiger partial charge in [-0.3, -0.25) is 0 Å². The van der Waals surface area contributed by atoms with Gasteiger partial charge in [-0.15, -0.1) is 0 Å². The number of ether oxygens (including phenoxy) is 6. The predicted molar refractivity (Wildman–Crippen MR) is 572 cm³/mol. The second-order valence-corrected chi connectivity index (χ2v) is 39.1. The number of hydrogen-bond donors (Lipinski definition) is 11. The molecule has 0 atom stereocenters. The van der Waals surface area contributed by atoms with Crippen LogP contribution in [0.2, 0.25) is 0 Å². The standard InChI is InChI=1S/C24H34N4O2.C24H32N2O4.C23H26FN3O2.C22H26BrFN2O2.C22H26F2N2O2/c1-5-30-23(29)17-6-11-21(22(14-17)26-15-20-12-13-25-16-27-20)28-19-9-7-18(8-10-19)24(2,3)4;1-3-30-24(28)19-9-10-22(26-20-7-5-4-6-8-20)23(14-19)25-15-17-11-18(16-27)13-21(12-17)29-2;1-2-29-23(28)17-9-11-21(27-19-6-4-3-5-7-19)22(13-17)26-15-16-8-10-20(24)18(12-16)14-25;2*1-2-28-22(27)16-8-9-20(26-19-6-4-3-5-7-19)21(12-16)25-14-15-10-17(23)13-18(24)11-15/h6,11-14,16,18-19,26,28H,5,7-10,15H2,1-4H3;9-14,20,25-27H,3-8,15-16H2,1-2H3;8-13,19,26-27H,2-7,15H2,1H3;2*8-13,19,25-26H,2-7,14H2,1H3. The zero-order valence-electron chi connectivity index (χ0n) is 85.2. The molecule has 0 radical (unpaired) electrons. The van der Waals surface area contributed by atoms with Gasteiger partial charge in [-0.25, -0.2) is 51.5 Å². The zero-order chi connectivity index (χ0) is 103. The predicted octanol–water partition coefficient (Wildman–Crippen LogP) is 26.9. The minimum absolute atomic E-state index is 0.0186. The maximum absolute atomic E-state index is 13.7. The van der Waals surface area contributed by atoms with E-state index in [2.05, 4.69) is 99.8 Å². The summed E-state index contributed by atoms with van der Waals surface area (Å²) in [4.78, 5) is 69.0. The van der Waals surface area contributed by atoms with E-state index in [1.54, 1.807) is 89.8 Å². The molecule has 5 aliphatic rings. The van der Waals surface area contributed by atoms with Crippen LogP contribution in [0.3, 0.4) is 0 Å². The number of nitriles is 1. The van der Waals surface area contributed by atoms with Crippen molar-refractivity contribution in [3.8, 4) is 11.8 Å². The second kappa shape index (κ2) is 58.7. The van der Waals surface area contributed by atoms with Crippen LogP contribution in [0.5, 0.6) is 5.75 Å². The SMILES string of the molecule is CCOC(=O)c1ccc(NC2CCC(C(C)(C)C)CC2)c(NCc2ccncn2)c1.CCOC(=O)c1ccc(NC2CCCCC2)c(NCc2cc(CO)cc(OC)c2)c1.CCOC(=O)c1ccc(NC2CCCCC2)c(NCc2cc(F)cc(Br)c2)c1.CCOC(=O)c1ccc(NC2CCCCC2)c(NCc2cc(F)cc(F)c2)c1.CCOC(=O)c1ccc(NC2CCCCC2)c(NCc2ccc(F)c(C#N)c2)c1. The van der Waals surface area contributed by atoms with Crippen molar-refractivity contribution in [1.29, 1.82) is 5.26 Å². The fourth-order valence-electron chi connectivity index (χ4n) is 18.6. The highest BCUT2D eigenvalue weighted by Gasteiger charge is 2.31. The molecule has 30 heteroatoms. The number of carbonyl (C=O) groups excluding carboxylic acids is 5. The van der Waals surface area contributed by atoms with Crippen LogP contribution < -0.4 is 57.9 Å². The number of halogens is 5. The summed E-state index contributed by atoms with van der Waals surface area (Å²) < 4.78 is 85.8. The van der Waals surface area contributed by atoms with E-state index in [-0.39, 0.29) is 48.4 Å². The van der Waals surface area contributed by atoms with Crippen LogP contribution in [-0.2, 0) is 63.0 Å². The number of aliphatic hydroxyl groups is 1. The highest BCUT2D eigenvalue weighted by atomic mass is 79.9. The van der Waals surface area contributed by atoms with Crippen LogP contribution >= 0.6 is 15.9 Å². The van der Waals surface area contributed by atoms with Crippen molar-refractivity contribution in [3.05, 3.63) is 277 Å². The van der Waals surface area contributed by atoms with Crippen LogP contribution in [0.4, 0.5) is 74.4 Å². The largest absolute Gasteiger partial charge is 0.497 e. The highest BCUT2D eigenvalue weighted by molar-refractivity contribution is 9.10. The lowest BCUT2D eigenvalue weighted by Crippen LogP contribution is -2.31. The molecule has 11 N–H and O–H groups in total. The van der Waals surface area contributed by atoms with Crippen molar-refractivity contribution in [2.24, 2.45) is 11.3 Å². The molecule has 0 aliphatic heterocycles. The third-order valence-electron chi connectivity index (χ3n) is 26.3. The summed E-state index contributed by atoms with van der Waals surface area (Å²) in [5.41, 5.74) is 16.4. The number of methoxy groups -OCH3 is 1. The molecule has 25 nitrogen and oxygen atoms in total. The smallest absolute Gasteiger partial charge is 0.338 e. The molecular formula is C115H144BrF4N13O12. The van der Waals surface area contributed by atoms with Crippen LogP contribution in [0, 0.1) is 45.9 Å². The molecule has 0 bridgehead atoms. The lowest BCUT2D eigenvalue weighted by molar-refractivity contribution is 0.0517. The van der Waals surface area contributed by atoms with Gasteiger partial charge in [0.1, 0.15) is 41.4 Å². The van der Waals surface area contributed by atoms with Gasteiger partial charge in [0.05, 0.1) is 149 Å². The summed E-state index contributed by atoms with van der Waals surface area (Å²) in [6, 6.07) is 51.8. The van der Waals surface area contributed by atoms with Gasteiger partial charge in [0.25, 0.3) is 0 Å². The van der Waals surface area contributed by atoms with Crippen molar-refractivity contribution in [3.63, 3.8) is 0 Å². The number of rotatable bonds is 37. The summed E-state index contributed by atoms with van der Waals surface area (Å²) in [5, 5.41) is 53.4. The summed E-state index contributed by atoms with van der Waals surface area (Å²) in [6.07, 6.45) is 32.1. The number of esters is 5. The number of nitrogens with one attached hydrogen (secondary N) is 10. The van der Waals surface area contributed by atoms with Gasteiger partial charge >= 0.3 is 29.8 Å². The Morgan fingerprint density at radius 1 is 0.372 bits per heavy atom. The molecule has 0 spiro atoms. The molecule has 9 aromatic carbocycles. The van der Waals surface area contributed by atoms with E-state index in [0.29, 0.717) is 144 Å². The van der Waals surface area contributed by atoms with Crippen molar-refractivity contribution < 1.29 is 75.1 Å². The van der Waals surface area contributed by atoms with Gasteiger partial charge in [-0.2, -0.15) is 5.26 Å². The van der Waals surface area contributed by atoms with E-state index in [4.69, 9.17) is 33.7 Å². The normalized spacial score (nSPS) is 15.4. The molecule has 1 aromatic heterocycles. The molecule has 1 heterocycles. The molecule has 5 aliphatic carbocycles. The maximum atomic E-state index is 13.7. The van der Waals surface area contributed by atoms with Gasteiger partial charge in [0.2, 0.25) is 0 Å². The van der Waals surface area contributed by atoms with E-state index in [1.807, 2.05) is 97.9 Å². The number of carbonyl (C=O) groups is 5. The first-order valence-electron chi connectivity index (χ1n) is 51.4. The first-order valence-corrected chi connectivity index (χ1v) is 52.2. The van der Waals surface area contributed by atoms with E-state index >= 15 is 0 Å². The van der Waals surface area contributed by atoms with E-state index in [0.717, 1.165) is 155 Å². The topological polar surface area (TPSA) is 331 Å². The molecule has 5 saturated carbocycles. The number of hydrogen-bond acceptors (Lipinski definition) is 25.